The van der Waals surface area contributed by atoms with Crippen molar-refractivity contribution in [1.82, 2.24) is 5.48 Å². The van der Waals surface area contributed by atoms with Crippen molar-refractivity contribution in [3.8, 4) is 0 Å². The van der Waals surface area contributed by atoms with Gasteiger partial charge in [0.15, 0.2) is 0 Å². The van der Waals surface area contributed by atoms with Crippen molar-refractivity contribution in [2.75, 3.05) is 29.3 Å². The lowest BCUT2D eigenvalue weighted by Gasteiger charge is -2.24. The third kappa shape index (κ3) is 9.61. The van der Waals surface area contributed by atoms with Gasteiger partial charge in [0, 0.05) is 16.3 Å². The molecule has 0 aromatic rings. The van der Waals surface area contributed by atoms with E-state index in [0.717, 1.165) is 15.7 Å². The second-order valence-electron chi connectivity index (χ2n) is 3.18. The Balaban J connectivity index is 3.35. The van der Waals surface area contributed by atoms with Crippen LogP contribution in [0.4, 0.5) is 0 Å². The highest BCUT2D eigenvalue weighted by atomic mass is 79.9. The fraction of sp³-hybridized carbons (Fsp3) is 1.00. The van der Waals surface area contributed by atoms with Gasteiger partial charge in [-0.1, -0.05) is 15.9 Å². The molecule has 3 nitrogen and oxygen atoms in total. The number of ether oxygens (including phenoxy) is 1. The molecule has 0 amide bonds. The van der Waals surface area contributed by atoms with Crippen LogP contribution in [0.25, 0.3) is 0 Å². The Bertz CT molecular complexity index is 139. The summed E-state index contributed by atoms with van der Waals surface area (Å²) in [5.74, 6) is 0.721. The highest BCUT2D eigenvalue weighted by Crippen LogP contribution is 2.17. The molecule has 0 saturated heterocycles. The molecule has 0 aromatic heterocycles. The van der Waals surface area contributed by atoms with E-state index in [2.05, 4.69) is 21.4 Å². The lowest BCUT2D eigenvalue weighted by molar-refractivity contribution is -0.0275. The fourth-order valence-corrected chi connectivity index (χ4v) is 3.21. The van der Waals surface area contributed by atoms with Crippen LogP contribution in [-0.4, -0.2) is 34.9 Å². The van der Waals surface area contributed by atoms with Crippen LogP contribution in [-0.2, 0) is 9.57 Å². The van der Waals surface area contributed by atoms with Crippen molar-refractivity contribution >= 4 is 39.5 Å². The second kappa shape index (κ2) is 9.30. The molecule has 0 heterocycles. The van der Waals surface area contributed by atoms with Crippen LogP contribution in [0.5, 0.6) is 0 Å². The summed E-state index contributed by atoms with van der Waals surface area (Å²) >= 11 is 6.97. The third-order valence-corrected chi connectivity index (χ3v) is 4.16. The van der Waals surface area contributed by atoms with Crippen molar-refractivity contribution in [3.05, 3.63) is 0 Å². The molecule has 0 aliphatic rings. The highest BCUT2D eigenvalue weighted by Gasteiger charge is 2.17. The first-order chi connectivity index (χ1) is 6.62. The van der Waals surface area contributed by atoms with Crippen LogP contribution < -0.4 is 5.48 Å². The molecule has 0 fully saturated rings. The number of hydrogen-bond acceptors (Lipinski definition) is 5. The first-order valence-electron chi connectivity index (χ1n) is 4.23. The first kappa shape index (κ1) is 15.1. The number of rotatable bonds is 9. The predicted octanol–water partition coefficient (Wildman–Crippen LogP) is 2.67. The van der Waals surface area contributed by atoms with Crippen LogP contribution in [0.1, 0.15) is 13.8 Å². The van der Waals surface area contributed by atoms with Crippen molar-refractivity contribution in [3.63, 3.8) is 0 Å². The van der Waals surface area contributed by atoms with Gasteiger partial charge in [0.2, 0.25) is 0 Å². The van der Waals surface area contributed by atoms with Gasteiger partial charge in [0.25, 0.3) is 0 Å². The van der Waals surface area contributed by atoms with Crippen LogP contribution in [0, 0.1) is 0 Å². The van der Waals surface area contributed by atoms with Gasteiger partial charge < -0.3 is 9.57 Å². The molecule has 0 bridgehead atoms. The quantitative estimate of drug-likeness (QED) is 0.306. The summed E-state index contributed by atoms with van der Waals surface area (Å²) < 4.78 is 6.65. The average molecular weight is 304 g/mol. The summed E-state index contributed by atoms with van der Waals surface area (Å²) in [6.07, 6.45) is 0. The van der Waals surface area contributed by atoms with Crippen LogP contribution in [0.2, 0.25) is 0 Å². The number of hydroxylamine groups is 1. The zero-order valence-electron chi connectivity index (χ0n) is 8.84. The van der Waals surface area contributed by atoms with E-state index < -0.39 is 0 Å². The Labute approximate surface area is 103 Å². The monoisotopic (exact) mass is 303 g/mol. The fourth-order valence-electron chi connectivity index (χ4n) is 0.623. The molecule has 0 aromatic carbocycles. The SMILES string of the molecule is CONCC(C)(C)OCSCSCBr. The number of nitrogens with one attached hydrogen (secondary N) is 1. The minimum absolute atomic E-state index is 0.178. The van der Waals surface area contributed by atoms with E-state index in [4.69, 9.17) is 9.57 Å². The predicted molar refractivity (Wildman–Crippen MR) is 68.9 cm³/mol. The maximum Gasteiger partial charge on any atom is 0.0937 e. The minimum atomic E-state index is -0.178. The molecule has 1 N–H and O–H groups in total. The summed E-state index contributed by atoms with van der Waals surface area (Å²) in [6, 6.07) is 0. The van der Waals surface area contributed by atoms with E-state index in [1.165, 1.54) is 0 Å². The Morgan fingerprint density at radius 1 is 1.36 bits per heavy atom. The lowest BCUT2D eigenvalue weighted by atomic mass is 10.1. The molecule has 86 valence electrons. The Morgan fingerprint density at radius 3 is 2.64 bits per heavy atom. The van der Waals surface area contributed by atoms with E-state index in [1.54, 1.807) is 18.9 Å². The number of alkyl halides is 1. The number of halogens is 1. The molecule has 0 radical (unpaired) electrons. The van der Waals surface area contributed by atoms with Gasteiger partial charge in [0.05, 0.1) is 18.6 Å². The Hall–Kier alpha value is 1.06. The molecule has 0 spiro atoms. The Kier molecular flexibility index (Phi) is 10.0. The van der Waals surface area contributed by atoms with E-state index in [9.17, 15) is 0 Å². The van der Waals surface area contributed by atoms with Gasteiger partial charge in [-0.15, -0.1) is 23.5 Å². The van der Waals surface area contributed by atoms with Gasteiger partial charge in [-0.2, -0.15) is 0 Å². The molecule has 0 saturated carbocycles. The van der Waals surface area contributed by atoms with E-state index in [0.29, 0.717) is 6.54 Å². The summed E-state index contributed by atoms with van der Waals surface area (Å²) in [5.41, 5.74) is 2.62. The van der Waals surface area contributed by atoms with Gasteiger partial charge in [-0.25, -0.2) is 5.48 Å². The molecule has 0 aliphatic heterocycles. The summed E-state index contributed by atoms with van der Waals surface area (Å²) in [7, 11) is 1.61. The maximum absolute atomic E-state index is 5.67. The van der Waals surface area contributed by atoms with E-state index in [-0.39, 0.29) is 5.60 Å². The van der Waals surface area contributed by atoms with Gasteiger partial charge >= 0.3 is 0 Å². The summed E-state index contributed by atoms with van der Waals surface area (Å²) in [5, 5.41) is 1.05. The zero-order chi connectivity index (χ0) is 10.9. The molecule has 0 rings (SSSR count). The van der Waals surface area contributed by atoms with Gasteiger partial charge in [-0.05, 0) is 13.8 Å². The lowest BCUT2D eigenvalue weighted by Crippen LogP contribution is -2.37. The average Bonchev–Trinajstić information content (AvgIpc) is 2.15. The largest absolute Gasteiger partial charge is 0.364 e. The third-order valence-electron chi connectivity index (χ3n) is 1.42. The van der Waals surface area contributed by atoms with Crippen molar-refractivity contribution in [1.29, 1.82) is 0 Å². The first-order valence-corrected chi connectivity index (χ1v) is 7.67. The minimum Gasteiger partial charge on any atom is -0.364 e. The molecular formula is C8H18BrNO2S2. The second-order valence-corrected chi connectivity index (χ2v) is 6.77. The normalized spacial score (nSPS) is 12.0. The van der Waals surface area contributed by atoms with Crippen molar-refractivity contribution < 1.29 is 9.57 Å². The Morgan fingerprint density at radius 2 is 2.07 bits per heavy atom. The molecule has 14 heavy (non-hydrogen) atoms. The molecular weight excluding hydrogens is 286 g/mol. The zero-order valence-corrected chi connectivity index (χ0v) is 12.1. The van der Waals surface area contributed by atoms with E-state index in [1.807, 2.05) is 25.6 Å². The molecule has 0 unspecified atom stereocenters. The number of thioether (sulfide) groups is 2. The molecule has 0 atom stereocenters. The molecule has 6 heteroatoms. The molecule has 0 aliphatic carbocycles. The van der Waals surface area contributed by atoms with Gasteiger partial charge in [-0.3, -0.25) is 0 Å². The van der Waals surface area contributed by atoms with E-state index >= 15 is 0 Å². The summed E-state index contributed by atoms with van der Waals surface area (Å²) in [6.45, 7) is 4.77. The van der Waals surface area contributed by atoms with Crippen molar-refractivity contribution in [2.24, 2.45) is 0 Å². The van der Waals surface area contributed by atoms with Crippen molar-refractivity contribution in [2.45, 2.75) is 19.4 Å². The number of hydrogen-bond donors (Lipinski definition) is 1. The summed E-state index contributed by atoms with van der Waals surface area (Å²) in [4.78, 5) is 4.78. The maximum atomic E-state index is 5.67. The highest BCUT2D eigenvalue weighted by molar-refractivity contribution is 9.11. The topological polar surface area (TPSA) is 30.5 Å². The van der Waals surface area contributed by atoms with Gasteiger partial charge in [0.1, 0.15) is 0 Å². The van der Waals surface area contributed by atoms with Crippen LogP contribution in [0.3, 0.4) is 0 Å². The van der Waals surface area contributed by atoms with Crippen LogP contribution >= 0.6 is 39.5 Å². The van der Waals surface area contributed by atoms with Crippen LogP contribution in [0.15, 0.2) is 0 Å². The standard InChI is InChI=1S/C8H18BrNO2S2/c1-8(2,4-10-11-3)12-6-14-7-13-5-9/h10H,4-7H2,1-3H3. The smallest absolute Gasteiger partial charge is 0.0937 e.